The Bertz CT molecular complexity index is 1000. The minimum absolute atomic E-state index is 0.234. The van der Waals surface area contributed by atoms with Gasteiger partial charge in [-0.05, 0) is 57.3 Å². The first-order chi connectivity index (χ1) is 13.4. The molecule has 0 amide bonds. The van der Waals surface area contributed by atoms with E-state index in [0.29, 0.717) is 41.3 Å². The Morgan fingerprint density at radius 2 is 2.00 bits per heavy atom. The zero-order valence-corrected chi connectivity index (χ0v) is 17.7. The molecular weight excluding hydrogens is 396 g/mol. The molecule has 0 spiro atoms. The fourth-order valence-corrected chi connectivity index (χ4v) is 3.18. The molecule has 7 nitrogen and oxygen atoms in total. The van der Waals surface area contributed by atoms with Gasteiger partial charge in [-0.1, -0.05) is 17.7 Å². The van der Waals surface area contributed by atoms with E-state index in [-0.39, 0.29) is 6.04 Å². The van der Waals surface area contributed by atoms with E-state index in [1.54, 1.807) is 12.1 Å². The van der Waals surface area contributed by atoms with Crippen LogP contribution >= 0.6 is 23.8 Å². The van der Waals surface area contributed by atoms with Gasteiger partial charge >= 0.3 is 0 Å². The molecule has 0 aliphatic heterocycles. The second kappa shape index (κ2) is 8.81. The van der Waals surface area contributed by atoms with Crippen LogP contribution in [0.15, 0.2) is 41.3 Å². The summed E-state index contributed by atoms with van der Waals surface area (Å²) in [5, 5.41) is 13.6. The number of benzene rings is 1. The SMILES string of the molecule is C=CCn1c(C)nn(CN(Cc2nnc(-c3ccc(Cl)cc3)o2)C(C)C)c1=S. The van der Waals surface area contributed by atoms with Gasteiger partial charge in [-0.2, -0.15) is 5.10 Å². The normalized spacial score (nSPS) is 11.5. The van der Waals surface area contributed by atoms with Crippen LogP contribution in [-0.2, 0) is 19.8 Å². The predicted octanol–water partition coefficient (Wildman–Crippen LogP) is 4.48. The van der Waals surface area contributed by atoms with Gasteiger partial charge < -0.3 is 8.98 Å². The first-order valence-corrected chi connectivity index (χ1v) is 9.75. The number of nitrogens with zero attached hydrogens (tertiary/aromatic N) is 6. The molecule has 0 aliphatic rings. The maximum Gasteiger partial charge on any atom is 0.247 e. The Balaban J connectivity index is 1.77. The third kappa shape index (κ3) is 4.57. The van der Waals surface area contributed by atoms with Crippen LogP contribution in [0, 0.1) is 11.7 Å². The summed E-state index contributed by atoms with van der Waals surface area (Å²) in [6, 6.07) is 7.54. The highest BCUT2D eigenvalue weighted by atomic mass is 35.5. The van der Waals surface area contributed by atoms with Crippen molar-refractivity contribution in [2.75, 3.05) is 0 Å². The zero-order chi connectivity index (χ0) is 20.3. The van der Waals surface area contributed by atoms with Crippen molar-refractivity contribution in [2.45, 2.75) is 46.6 Å². The molecule has 3 rings (SSSR count). The molecule has 0 fully saturated rings. The van der Waals surface area contributed by atoms with Gasteiger partial charge in [-0.25, -0.2) is 4.68 Å². The van der Waals surface area contributed by atoms with Crippen molar-refractivity contribution in [1.29, 1.82) is 0 Å². The maximum atomic E-state index is 5.93. The van der Waals surface area contributed by atoms with E-state index in [2.05, 4.69) is 40.6 Å². The molecular formula is C19H23ClN6OS. The molecule has 0 N–H and O–H groups in total. The van der Waals surface area contributed by atoms with Crippen molar-refractivity contribution in [3.63, 3.8) is 0 Å². The summed E-state index contributed by atoms with van der Waals surface area (Å²) >= 11 is 11.5. The standard InChI is InChI=1S/C19H23ClN6OS/c1-5-10-25-14(4)23-26(19(25)28)12-24(13(2)3)11-17-21-22-18(27-17)15-6-8-16(20)9-7-15/h5-9,13H,1,10-12H2,2-4H3. The van der Waals surface area contributed by atoms with E-state index in [1.807, 2.05) is 34.4 Å². The molecule has 2 heterocycles. The molecule has 0 unspecified atom stereocenters. The van der Waals surface area contributed by atoms with Gasteiger partial charge in [0, 0.05) is 23.2 Å². The lowest BCUT2D eigenvalue weighted by Gasteiger charge is -2.24. The Morgan fingerprint density at radius 3 is 2.64 bits per heavy atom. The molecule has 0 radical (unpaired) electrons. The molecule has 0 aliphatic carbocycles. The number of halogens is 1. The fourth-order valence-electron chi connectivity index (χ4n) is 2.75. The number of aryl methyl sites for hydroxylation is 1. The van der Waals surface area contributed by atoms with Crippen molar-refractivity contribution in [2.24, 2.45) is 0 Å². The molecule has 148 valence electrons. The van der Waals surface area contributed by atoms with Gasteiger partial charge in [0.25, 0.3) is 0 Å². The van der Waals surface area contributed by atoms with Crippen LogP contribution in [0.1, 0.15) is 25.6 Å². The largest absolute Gasteiger partial charge is 0.419 e. The number of allylic oxidation sites excluding steroid dienone is 1. The second-order valence-corrected chi connectivity index (χ2v) is 7.52. The minimum atomic E-state index is 0.234. The van der Waals surface area contributed by atoms with Crippen molar-refractivity contribution in [3.05, 3.63) is 58.4 Å². The van der Waals surface area contributed by atoms with Crippen LogP contribution in [0.3, 0.4) is 0 Å². The summed E-state index contributed by atoms with van der Waals surface area (Å²) < 4.78 is 10.3. The number of rotatable bonds is 8. The molecule has 0 bridgehead atoms. The van der Waals surface area contributed by atoms with Crippen LogP contribution in [-0.4, -0.2) is 35.5 Å². The number of aromatic nitrogens is 5. The lowest BCUT2D eigenvalue weighted by atomic mass is 10.2. The van der Waals surface area contributed by atoms with Gasteiger partial charge in [0.1, 0.15) is 5.82 Å². The van der Waals surface area contributed by atoms with E-state index in [1.165, 1.54) is 0 Å². The van der Waals surface area contributed by atoms with Crippen LogP contribution < -0.4 is 0 Å². The first kappa shape index (κ1) is 20.4. The molecule has 0 saturated heterocycles. The quantitative estimate of drug-likeness (QED) is 0.397. The maximum absolute atomic E-state index is 5.93. The summed E-state index contributed by atoms with van der Waals surface area (Å²) in [7, 11) is 0. The van der Waals surface area contributed by atoms with Gasteiger partial charge in [0.05, 0.1) is 13.2 Å². The van der Waals surface area contributed by atoms with Gasteiger partial charge in [-0.15, -0.1) is 16.8 Å². The average Bonchev–Trinajstić information content (AvgIpc) is 3.22. The van der Waals surface area contributed by atoms with E-state index in [9.17, 15) is 0 Å². The highest BCUT2D eigenvalue weighted by Crippen LogP contribution is 2.21. The monoisotopic (exact) mass is 418 g/mol. The summed E-state index contributed by atoms with van der Waals surface area (Å²) in [6.07, 6.45) is 1.81. The smallest absolute Gasteiger partial charge is 0.247 e. The third-order valence-electron chi connectivity index (χ3n) is 4.36. The molecule has 28 heavy (non-hydrogen) atoms. The van der Waals surface area contributed by atoms with Crippen molar-refractivity contribution in [1.82, 2.24) is 29.4 Å². The summed E-state index contributed by atoms with van der Waals surface area (Å²) in [4.78, 5) is 2.17. The van der Waals surface area contributed by atoms with Crippen molar-refractivity contribution in [3.8, 4) is 11.5 Å². The zero-order valence-electron chi connectivity index (χ0n) is 16.2. The lowest BCUT2D eigenvalue weighted by molar-refractivity contribution is 0.139. The second-order valence-electron chi connectivity index (χ2n) is 6.72. The molecule has 2 aromatic heterocycles. The van der Waals surface area contributed by atoms with Gasteiger partial charge in [0.15, 0.2) is 4.77 Å². The van der Waals surface area contributed by atoms with E-state index in [0.717, 1.165) is 11.4 Å². The topological polar surface area (TPSA) is 64.9 Å². The summed E-state index contributed by atoms with van der Waals surface area (Å²) in [6.45, 7) is 11.6. The Labute approximate surface area is 174 Å². The lowest BCUT2D eigenvalue weighted by Crippen LogP contribution is -2.33. The van der Waals surface area contributed by atoms with E-state index < -0.39 is 0 Å². The van der Waals surface area contributed by atoms with Crippen LogP contribution in [0.25, 0.3) is 11.5 Å². The van der Waals surface area contributed by atoms with Crippen LogP contribution in [0.4, 0.5) is 0 Å². The van der Waals surface area contributed by atoms with Gasteiger partial charge in [-0.3, -0.25) is 4.90 Å². The fraction of sp³-hybridized carbons (Fsp3) is 0.368. The van der Waals surface area contributed by atoms with Crippen LogP contribution in [0.5, 0.6) is 0 Å². The van der Waals surface area contributed by atoms with Crippen molar-refractivity contribution < 1.29 is 4.42 Å². The minimum Gasteiger partial charge on any atom is -0.419 e. The van der Waals surface area contributed by atoms with E-state index in [4.69, 9.17) is 28.2 Å². The molecule has 0 saturated carbocycles. The van der Waals surface area contributed by atoms with E-state index >= 15 is 0 Å². The Hall–Kier alpha value is -2.29. The highest BCUT2D eigenvalue weighted by Gasteiger charge is 2.18. The molecule has 3 aromatic rings. The Kier molecular flexibility index (Phi) is 6.43. The molecule has 9 heteroatoms. The number of hydrogen-bond donors (Lipinski definition) is 0. The summed E-state index contributed by atoms with van der Waals surface area (Å²) in [5.74, 6) is 1.86. The Morgan fingerprint density at radius 1 is 1.29 bits per heavy atom. The molecule has 0 atom stereocenters. The predicted molar refractivity (Wildman–Crippen MR) is 111 cm³/mol. The van der Waals surface area contributed by atoms with Crippen LogP contribution in [0.2, 0.25) is 5.02 Å². The van der Waals surface area contributed by atoms with Crippen molar-refractivity contribution >= 4 is 23.8 Å². The molecule has 1 aromatic carbocycles. The number of hydrogen-bond acceptors (Lipinski definition) is 6. The third-order valence-corrected chi connectivity index (χ3v) is 5.04. The highest BCUT2D eigenvalue weighted by molar-refractivity contribution is 7.71. The van der Waals surface area contributed by atoms with Gasteiger partial charge in [0.2, 0.25) is 11.8 Å². The average molecular weight is 419 g/mol. The first-order valence-electron chi connectivity index (χ1n) is 8.96. The summed E-state index contributed by atoms with van der Waals surface area (Å²) in [5.41, 5.74) is 0.834.